The van der Waals surface area contributed by atoms with Crippen LogP contribution in [0.4, 0.5) is 0 Å². The second-order valence-corrected chi connectivity index (χ2v) is 3.17. The molecule has 0 aliphatic rings. The minimum Gasteiger partial charge on any atom is -0.299 e. The van der Waals surface area contributed by atoms with Gasteiger partial charge >= 0.3 is 0 Å². The smallest absolute Gasteiger partial charge is 0.142 e. The van der Waals surface area contributed by atoms with Crippen LogP contribution < -0.4 is 0 Å². The van der Waals surface area contributed by atoms with Crippen LogP contribution in [0, 0.1) is 0 Å². The highest BCUT2D eigenvalue weighted by Crippen LogP contribution is 2.13. The standard InChI is InChI=1S/C11H20O/c1-3-5-7-11(9-10-12)8-6-4-2/h9-10H,3-8H2,1-2H3. The lowest BCUT2D eigenvalue weighted by Gasteiger charge is -2.03. The first kappa shape index (κ1) is 11.4. The maximum absolute atomic E-state index is 10.3. The van der Waals surface area contributed by atoms with Crippen molar-refractivity contribution in [3.63, 3.8) is 0 Å². The molecule has 0 aliphatic heterocycles. The van der Waals surface area contributed by atoms with Crippen LogP contribution >= 0.6 is 0 Å². The molecule has 0 aromatic heterocycles. The van der Waals surface area contributed by atoms with Crippen molar-refractivity contribution in [2.24, 2.45) is 0 Å². The van der Waals surface area contributed by atoms with Gasteiger partial charge in [0, 0.05) is 0 Å². The number of carbonyl (C=O) groups is 1. The normalized spacial score (nSPS) is 9.50. The molecule has 0 saturated carbocycles. The fourth-order valence-electron chi connectivity index (χ4n) is 1.20. The lowest BCUT2D eigenvalue weighted by atomic mass is 10.0. The SMILES string of the molecule is CCCCC(=CC=O)CCCC. The van der Waals surface area contributed by atoms with Crippen LogP contribution in [-0.4, -0.2) is 6.29 Å². The molecule has 0 radical (unpaired) electrons. The van der Waals surface area contributed by atoms with Gasteiger partial charge in [-0.1, -0.05) is 32.3 Å². The number of allylic oxidation sites excluding steroid dienone is 2. The summed E-state index contributed by atoms with van der Waals surface area (Å²) in [6, 6.07) is 0. The predicted octanol–water partition coefficient (Wildman–Crippen LogP) is 3.49. The van der Waals surface area contributed by atoms with E-state index in [-0.39, 0.29) is 0 Å². The molecule has 0 amide bonds. The molecule has 1 heteroatoms. The topological polar surface area (TPSA) is 17.1 Å². The van der Waals surface area contributed by atoms with Crippen molar-refractivity contribution < 1.29 is 4.79 Å². The molecule has 0 aliphatic carbocycles. The lowest BCUT2D eigenvalue weighted by molar-refractivity contribution is -0.104. The third kappa shape index (κ3) is 6.14. The van der Waals surface area contributed by atoms with Gasteiger partial charge in [-0.05, 0) is 31.8 Å². The summed E-state index contributed by atoms with van der Waals surface area (Å²) in [5.74, 6) is 0. The Morgan fingerprint density at radius 2 is 1.58 bits per heavy atom. The van der Waals surface area contributed by atoms with Gasteiger partial charge in [0.15, 0.2) is 0 Å². The Morgan fingerprint density at radius 1 is 1.08 bits per heavy atom. The van der Waals surface area contributed by atoms with E-state index in [0.29, 0.717) is 0 Å². The fourth-order valence-corrected chi connectivity index (χ4v) is 1.20. The summed E-state index contributed by atoms with van der Waals surface area (Å²) in [5.41, 5.74) is 1.33. The number of rotatable bonds is 7. The second kappa shape index (κ2) is 8.51. The maximum atomic E-state index is 10.3. The third-order valence-electron chi connectivity index (χ3n) is 2.01. The van der Waals surface area contributed by atoms with Crippen molar-refractivity contribution in [2.75, 3.05) is 0 Å². The molecule has 0 unspecified atom stereocenters. The van der Waals surface area contributed by atoms with Crippen LogP contribution in [0.3, 0.4) is 0 Å². The van der Waals surface area contributed by atoms with Crippen molar-refractivity contribution in [1.29, 1.82) is 0 Å². The summed E-state index contributed by atoms with van der Waals surface area (Å²) in [6.07, 6.45) is 9.72. The van der Waals surface area contributed by atoms with Crippen molar-refractivity contribution >= 4 is 6.29 Å². The third-order valence-corrected chi connectivity index (χ3v) is 2.01. The minimum absolute atomic E-state index is 0.917. The number of hydrogen-bond acceptors (Lipinski definition) is 1. The van der Waals surface area contributed by atoms with Gasteiger partial charge in [0.05, 0.1) is 0 Å². The molecule has 12 heavy (non-hydrogen) atoms. The molecule has 0 aromatic carbocycles. The van der Waals surface area contributed by atoms with Gasteiger partial charge in [-0.25, -0.2) is 0 Å². The van der Waals surface area contributed by atoms with E-state index in [1.54, 1.807) is 6.08 Å². The average molecular weight is 168 g/mol. The molecule has 70 valence electrons. The Bertz CT molecular complexity index is 126. The summed E-state index contributed by atoms with van der Waals surface area (Å²) >= 11 is 0. The molecule has 0 heterocycles. The van der Waals surface area contributed by atoms with Crippen molar-refractivity contribution in [3.8, 4) is 0 Å². The molecule has 0 atom stereocenters. The monoisotopic (exact) mass is 168 g/mol. The minimum atomic E-state index is 0.917. The Balaban J connectivity index is 3.70. The van der Waals surface area contributed by atoms with E-state index in [1.165, 1.54) is 31.3 Å². The number of carbonyl (C=O) groups excluding carboxylic acids is 1. The Morgan fingerprint density at radius 3 is 1.92 bits per heavy atom. The van der Waals surface area contributed by atoms with Crippen LogP contribution in [0.1, 0.15) is 52.4 Å². The number of unbranched alkanes of at least 4 members (excludes halogenated alkanes) is 2. The largest absolute Gasteiger partial charge is 0.299 e. The van der Waals surface area contributed by atoms with Gasteiger partial charge in [-0.2, -0.15) is 0 Å². The zero-order valence-corrected chi connectivity index (χ0v) is 8.31. The van der Waals surface area contributed by atoms with Crippen LogP contribution in [0.25, 0.3) is 0 Å². The van der Waals surface area contributed by atoms with Gasteiger partial charge in [0.25, 0.3) is 0 Å². The van der Waals surface area contributed by atoms with Crippen molar-refractivity contribution in [2.45, 2.75) is 52.4 Å². The summed E-state index contributed by atoms with van der Waals surface area (Å²) < 4.78 is 0. The highest BCUT2D eigenvalue weighted by atomic mass is 16.1. The van der Waals surface area contributed by atoms with Crippen LogP contribution in [-0.2, 0) is 4.79 Å². The highest BCUT2D eigenvalue weighted by molar-refractivity contribution is 5.66. The van der Waals surface area contributed by atoms with Gasteiger partial charge in [-0.3, -0.25) is 4.79 Å². The Kier molecular flexibility index (Phi) is 8.09. The van der Waals surface area contributed by atoms with Crippen LogP contribution in [0.5, 0.6) is 0 Å². The van der Waals surface area contributed by atoms with Crippen LogP contribution in [0.15, 0.2) is 11.6 Å². The van der Waals surface area contributed by atoms with E-state index in [2.05, 4.69) is 13.8 Å². The van der Waals surface area contributed by atoms with E-state index < -0.39 is 0 Å². The molecule has 0 spiro atoms. The van der Waals surface area contributed by atoms with E-state index in [9.17, 15) is 4.79 Å². The Hall–Kier alpha value is -0.590. The van der Waals surface area contributed by atoms with Crippen molar-refractivity contribution in [3.05, 3.63) is 11.6 Å². The first-order valence-corrected chi connectivity index (χ1v) is 4.98. The van der Waals surface area contributed by atoms with E-state index >= 15 is 0 Å². The van der Waals surface area contributed by atoms with Gasteiger partial charge < -0.3 is 0 Å². The fraction of sp³-hybridized carbons (Fsp3) is 0.727. The lowest BCUT2D eigenvalue weighted by Crippen LogP contribution is -1.85. The first-order chi connectivity index (χ1) is 5.85. The second-order valence-electron chi connectivity index (χ2n) is 3.17. The van der Waals surface area contributed by atoms with Crippen molar-refractivity contribution in [1.82, 2.24) is 0 Å². The number of hydrogen-bond donors (Lipinski definition) is 0. The number of aldehydes is 1. The molecular weight excluding hydrogens is 148 g/mol. The summed E-state index contributed by atoms with van der Waals surface area (Å²) in [5, 5.41) is 0. The van der Waals surface area contributed by atoms with Gasteiger partial charge in [-0.15, -0.1) is 0 Å². The predicted molar refractivity (Wildman–Crippen MR) is 53.2 cm³/mol. The molecule has 0 aromatic rings. The molecule has 0 bridgehead atoms. The molecule has 0 rings (SSSR count). The summed E-state index contributed by atoms with van der Waals surface area (Å²) in [7, 11) is 0. The molecule has 0 saturated heterocycles. The molecule has 0 N–H and O–H groups in total. The first-order valence-electron chi connectivity index (χ1n) is 4.98. The zero-order chi connectivity index (χ0) is 9.23. The highest BCUT2D eigenvalue weighted by Gasteiger charge is 1.95. The summed E-state index contributed by atoms with van der Waals surface area (Å²) in [4.78, 5) is 10.3. The van der Waals surface area contributed by atoms with Crippen LogP contribution in [0.2, 0.25) is 0 Å². The Labute approximate surface area is 75.9 Å². The maximum Gasteiger partial charge on any atom is 0.142 e. The quantitative estimate of drug-likeness (QED) is 0.420. The molecule has 0 fully saturated rings. The molecular formula is C11H20O. The van der Waals surface area contributed by atoms with E-state index in [4.69, 9.17) is 0 Å². The summed E-state index contributed by atoms with van der Waals surface area (Å²) in [6.45, 7) is 4.36. The van der Waals surface area contributed by atoms with Gasteiger partial charge in [0.1, 0.15) is 6.29 Å². The van der Waals surface area contributed by atoms with Gasteiger partial charge in [0.2, 0.25) is 0 Å². The van der Waals surface area contributed by atoms with E-state index in [1.807, 2.05) is 0 Å². The molecule has 1 nitrogen and oxygen atoms in total. The van der Waals surface area contributed by atoms with E-state index in [0.717, 1.165) is 19.1 Å². The average Bonchev–Trinajstić information content (AvgIpc) is 2.10. The zero-order valence-electron chi connectivity index (χ0n) is 8.31.